The number of amides is 1. The second kappa shape index (κ2) is 10.9. The average molecular weight is 491 g/mol. The zero-order chi connectivity index (χ0) is 23.1. The van der Waals surface area contributed by atoms with E-state index in [0.717, 1.165) is 17.7 Å². The molecule has 1 amide bonds. The van der Waals surface area contributed by atoms with Crippen LogP contribution in [0.3, 0.4) is 0 Å². The maximum Gasteiger partial charge on any atom is 0.275 e. The van der Waals surface area contributed by atoms with Gasteiger partial charge in [0, 0.05) is 25.0 Å². The fraction of sp³-hybridized carbons (Fsp3) is 0.227. The first-order chi connectivity index (χ1) is 15.3. The van der Waals surface area contributed by atoms with Gasteiger partial charge >= 0.3 is 0 Å². The van der Waals surface area contributed by atoms with Crippen LogP contribution < -0.4 is 5.32 Å². The zero-order valence-electron chi connectivity index (χ0n) is 17.7. The van der Waals surface area contributed by atoms with Crippen molar-refractivity contribution in [3.8, 4) is 0 Å². The van der Waals surface area contributed by atoms with Crippen LogP contribution in [-0.2, 0) is 16.6 Å². The molecule has 0 aliphatic carbocycles. The minimum atomic E-state index is -3.68. The molecule has 1 heterocycles. The van der Waals surface area contributed by atoms with Crippen molar-refractivity contribution in [2.45, 2.75) is 29.9 Å². The molecule has 3 aromatic rings. The Morgan fingerprint density at radius 2 is 1.81 bits per heavy atom. The van der Waals surface area contributed by atoms with E-state index in [2.05, 4.69) is 15.3 Å². The quantitative estimate of drug-likeness (QED) is 0.345. The van der Waals surface area contributed by atoms with Crippen LogP contribution in [0.15, 0.2) is 70.8 Å². The number of nitrogens with zero attached hydrogens (tertiary/aromatic N) is 3. The van der Waals surface area contributed by atoms with Gasteiger partial charge in [-0.15, -0.1) is 0 Å². The van der Waals surface area contributed by atoms with Gasteiger partial charge in [0.25, 0.3) is 5.91 Å². The lowest BCUT2D eigenvalue weighted by atomic mass is 10.2. The molecule has 32 heavy (non-hydrogen) atoms. The number of anilines is 1. The first kappa shape index (κ1) is 24.2. The Balaban J connectivity index is 1.71. The van der Waals surface area contributed by atoms with Crippen LogP contribution >= 0.6 is 23.4 Å². The third-order valence-corrected chi connectivity index (χ3v) is 7.60. The second-order valence-electron chi connectivity index (χ2n) is 6.92. The number of carbonyl (C=O) groups is 1. The van der Waals surface area contributed by atoms with Crippen molar-refractivity contribution in [3.63, 3.8) is 0 Å². The third-order valence-electron chi connectivity index (χ3n) is 4.44. The lowest BCUT2D eigenvalue weighted by Gasteiger charge is -2.17. The van der Waals surface area contributed by atoms with E-state index in [1.807, 2.05) is 37.3 Å². The van der Waals surface area contributed by atoms with E-state index in [1.165, 1.54) is 53.6 Å². The monoisotopic (exact) mass is 490 g/mol. The van der Waals surface area contributed by atoms with E-state index in [-0.39, 0.29) is 22.2 Å². The predicted molar refractivity (Wildman–Crippen MR) is 128 cm³/mol. The van der Waals surface area contributed by atoms with Crippen molar-refractivity contribution in [3.05, 3.63) is 77.1 Å². The van der Waals surface area contributed by atoms with Crippen LogP contribution in [0, 0.1) is 0 Å². The van der Waals surface area contributed by atoms with Gasteiger partial charge in [0.05, 0.1) is 16.1 Å². The number of nitrogens with one attached hydrogen (secondary N) is 1. The Hall–Kier alpha value is -2.46. The third kappa shape index (κ3) is 6.07. The van der Waals surface area contributed by atoms with Crippen LogP contribution in [-0.4, -0.2) is 41.4 Å². The molecule has 0 aliphatic heterocycles. The molecule has 0 saturated heterocycles. The number of carbonyl (C=O) groups excluding carboxylic acids is 1. The smallest absolute Gasteiger partial charge is 0.275 e. The Bertz CT molecular complexity index is 1170. The van der Waals surface area contributed by atoms with Crippen LogP contribution in [0.5, 0.6) is 0 Å². The van der Waals surface area contributed by atoms with Gasteiger partial charge in [0.2, 0.25) is 10.0 Å². The number of halogens is 1. The van der Waals surface area contributed by atoms with Gasteiger partial charge in [0.15, 0.2) is 10.9 Å². The standard InChI is InChI=1S/C22H23ClN4O3S2/c1-3-13-31-22-24-14-19(23)20(26-22)21(28)25-17-9-11-18(12-10-17)32(29,30)27(2)15-16-7-5-4-6-8-16/h4-12,14H,3,13,15H2,1-2H3,(H,25,28). The summed E-state index contributed by atoms with van der Waals surface area (Å²) in [6, 6.07) is 15.3. The molecule has 0 bridgehead atoms. The second-order valence-corrected chi connectivity index (χ2v) is 10.4. The summed E-state index contributed by atoms with van der Waals surface area (Å²) in [6.45, 7) is 2.30. The summed E-state index contributed by atoms with van der Waals surface area (Å²) < 4.78 is 27.0. The van der Waals surface area contributed by atoms with Crippen molar-refractivity contribution in [2.24, 2.45) is 0 Å². The molecule has 0 atom stereocenters. The molecular formula is C22H23ClN4O3S2. The highest BCUT2D eigenvalue weighted by Crippen LogP contribution is 2.22. The van der Waals surface area contributed by atoms with E-state index < -0.39 is 15.9 Å². The zero-order valence-corrected chi connectivity index (χ0v) is 20.0. The fourth-order valence-corrected chi connectivity index (χ4v) is 4.78. The minimum absolute atomic E-state index is 0.0690. The molecule has 0 unspecified atom stereocenters. The molecule has 168 valence electrons. The van der Waals surface area contributed by atoms with Gasteiger partial charge in [-0.2, -0.15) is 4.31 Å². The highest BCUT2D eigenvalue weighted by molar-refractivity contribution is 7.99. The number of hydrogen-bond acceptors (Lipinski definition) is 6. The maximum atomic E-state index is 12.9. The molecule has 7 nitrogen and oxygen atoms in total. The van der Waals surface area contributed by atoms with Gasteiger partial charge < -0.3 is 5.32 Å². The van der Waals surface area contributed by atoms with Crippen molar-refractivity contribution in [2.75, 3.05) is 18.1 Å². The van der Waals surface area contributed by atoms with Crippen molar-refractivity contribution < 1.29 is 13.2 Å². The first-order valence-corrected chi connectivity index (χ1v) is 12.7. The van der Waals surface area contributed by atoms with Gasteiger partial charge in [-0.1, -0.05) is 60.6 Å². The van der Waals surface area contributed by atoms with Crippen molar-refractivity contribution in [1.82, 2.24) is 14.3 Å². The SMILES string of the molecule is CCCSc1ncc(Cl)c(C(=O)Nc2ccc(S(=O)(=O)N(C)Cc3ccccc3)cc2)n1. The van der Waals surface area contributed by atoms with Crippen LogP contribution in [0.1, 0.15) is 29.4 Å². The summed E-state index contributed by atoms with van der Waals surface area (Å²) in [6.07, 6.45) is 2.35. The Labute approximate surface area is 197 Å². The normalized spacial score (nSPS) is 11.5. The summed E-state index contributed by atoms with van der Waals surface area (Å²) in [4.78, 5) is 21.1. The van der Waals surface area contributed by atoms with Gasteiger partial charge in [0.1, 0.15) is 0 Å². The highest BCUT2D eigenvalue weighted by Gasteiger charge is 2.21. The van der Waals surface area contributed by atoms with E-state index in [0.29, 0.717) is 10.8 Å². The van der Waals surface area contributed by atoms with Gasteiger partial charge in [-0.25, -0.2) is 18.4 Å². The molecule has 10 heteroatoms. The number of hydrogen-bond donors (Lipinski definition) is 1. The number of sulfonamides is 1. The molecule has 3 rings (SSSR count). The molecular weight excluding hydrogens is 468 g/mol. The Kier molecular flexibility index (Phi) is 8.25. The van der Waals surface area contributed by atoms with Gasteiger partial charge in [-0.3, -0.25) is 4.79 Å². The van der Waals surface area contributed by atoms with Gasteiger partial charge in [-0.05, 0) is 36.2 Å². The lowest BCUT2D eigenvalue weighted by Crippen LogP contribution is -2.26. The molecule has 1 N–H and O–H groups in total. The molecule has 2 aromatic carbocycles. The number of thioether (sulfide) groups is 1. The molecule has 0 aliphatic rings. The number of aromatic nitrogens is 2. The summed E-state index contributed by atoms with van der Waals surface area (Å²) in [5.74, 6) is 0.338. The van der Waals surface area contributed by atoms with Crippen LogP contribution in [0.2, 0.25) is 5.02 Å². The molecule has 0 spiro atoms. The number of rotatable bonds is 9. The lowest BCUT2D eigenvalue weighted by molar-refractivity contribution is 0.102. The maximum absolute atomic E-state index is 12.9. The largest absolute Gasteiger partial charge is 0.321 e. The van der Waals surface area contributed by atoms with E-state index >= 15 is 0 Å². The van der Waals surface area contributed by atoms with E-state index in [4.69, 9.17) is 11.6 Å². The molecule has 0 saturated carbocycles. The number of benzene rings is 2. The summed E-state index contributed by atoms with van der Waals surface area (Å²) in [5, 5.41) is 3.32. The Morgan fingerprint density at radius 1 is 1.12 bits per heavy atom. The van der Waals surface area contributed by atoms with Crippen LogP contribution in [0.25, 0.3) is 0 Å². The molecule has 0 radical (unpaired) electrons. The van der Waals surface area contributed by atoms with E-state index in [1.54, 1.807) is 0 Å². The summed E-state index contributed by atoms with van der Waals surface area (Å²) in [7, 11) is -2.15. The summed E-state index contributed by atoms with van der Waals surface area (Å²) in [5.41, 5.74) is 1.39. The Morgan fingerprint density at radius 3 is 2.47 bits per heavy atom. The molecule has 1 aromatic heterocycles. The topological polar surface area (TPSA) is 92.3 Å². The summed E-state index contributed by atoms with van der Waals surface area (Å²) >= 11 is 7.54. The average Bonchev–Trinajstić information content (AvgIpc) is 2.79. The first-order valence-electron chi connectivity index (χ1n) is 9.88. The van der Waals surface area contributed by atoms with Crippen LogP contribution in [0.4, 0.5) is 5.69 Å². The minimum Gasteiger partial charge on any atom is -0.321 e. The van der Waals surface area contributed by atoms with E-state index in [9.17, 15) is 13.2 Å². The van der Waals surface area contributed by atoms with Crippen molar-refractivity contribution in [1.29, 1.82) is 0 Å². The van der Waals surface area contributed by atoms with Crippen molar-refractivity contribution >= 4 is 45.0 Å². The highest BCUT2D eigenvalue weighted by atomic mass is 35.5. The molecule has 0 fully saturated rings. The fourth-order valence-electron chi connectivity index (χ4n) is 2.78. The predicted octanol–water partition coefficient (Wildman–Crippen LogP) is 4.71.